The summed E-state index contributed by atoms with van der Waals surface area (Å²) in [5.74, 6) is 0.592. The number of nitrogens with zero attached hydrogens (tertiary/aromatic N) is 3. The molecule has 19 heavy (non-hydrogen) atoms. The van der Waals surface area contributed by atoms with Crippen LogP contribution in [-0.4, -0.2) is 24.1 Å². The molecule has 0 radical (unpaired) electrons. The Kier molecular flexibility index (Phi) is 4.19. The zero-order chi connectivity index (χ0) is 13.8. The van der Waals surface area contributed by atoms with Crippen LogP contribution in [0.2, 0.25) is 5.02 Å². The van der Waals surface area contributed by atoms with Gasteiger partial charge in [-0.15, -0.1) is 0 Å². The Balaban J connectivity index is 2.34. The summed E-state index contributed by atoms with van der Waals surface area (Å²) in [6.07, 6.45) is 1.52. The highest BCUT2D eigenvalue weighted by Gasteiger charge is 2.12. The summed E-state index contributed by atoms with van der Waals surface area (Å²) in [5.41, 5.74) is 7.61. The molecule has 2 rings (SSSR count). The van der Waals surface area contributed by atoms with Crippen LogP contribution in [0, 0.1) is 0 Å². The van der Waals surface area contributed by atoms with Gasteiger partial charge in [-0.05, 0) is 17.7 Å². The van der Waals surface area contributed by atoms with Crippen LogP contribution in [-0.2, 0) is 6.54 Å². The minimum atomic E-state index is 0.282. The molecule has 6 heteroatoms. The van der Waals surface area contributed by atoms with Gasteiger partial charge in [-0.1, -0.05) is 23.7 Å². The normalized spacial score (nSPS) is 10.3. The van der Waals surface area contributed by atoms with Crippen LogP contribution in [0.4, 0.5) is 11.5 Å². The molecule has 0 spiro atoms. The highest BCUT2D eigenvalue weighted by Crippen LogP contribution is 2.29. The maximum Gasteiger partial charge on any atom is 0.318 e. The number of ether oxygens (including phenoxy) is 1. The van der Waals surface area contributed by atoms with Gasteiger partial charge in [0, 0.05) is 19.3 Å². The molecule has 0 saturated carbocycles. The second kappa shape index (κ2) is 5.86. The number of benzene rings is 1. The van der Waals surface area contributed by atoms with Crippen LogP contribution >= 0.6 is 11.6 Å². The first-order valence-corrected chi connectivity index (χ1v) is 6.12. The van der Waals surface area contributed by atoms with Crippen molar-refractivity contribution in [2.24, 2.45) is 5.73 Å². The van der Waals surface area contributed by atoms with Crippen LogP contribution in [0.15, 0.2) is 30.5 Å². The van der Waals surface area contributed by atoms with Crippen molar-refractivity contribution in [2.75, 3.05) is 19.1 Å². The Bertz CT molecular complexity index is 559. The molecule has 2 N–H and O–H groups in total. The summed E-state index contributed by atoms with van der Waals surface area (Å²) in [6.45, 7) is 0.520. The zero-order valence-electron chi connectivity index (χ0n) is 10.8. The van der Waals surface area contributed by atoms with Crippen molar-refractivity contribution in [3.05, 3.63) is 41.0 Å². The Morgan fingerprint density at radius 2 is 2.00 bits per heavy atom. The Morgan fingerprint density at radius 1 is 1.32 bits per heavy atom. The third-order valence-corrected chi connectivity index (χ3v) is 3.03. The molecule has 0 aliphatic rings. The molecule has 1 aromatic heterocycles. The number of nitrogens with two attached hydrogens (primary N) is 1. The molecule has 0 fully saturated rings. The first kappa shape index (κ1) is 13.6. The van der Waals surface area contributed by atoms with Crippen molar-refractivity contribution in [1.29, 1.82) is 0 Å². The lowest BCUT2D eigenvalue weighted by Crippen LogP contribution is -2.13. The van der Waals surface area contributed by atoms with Gasteiger partial charge in [-0.3, -0.25) is 0 Å². The van der Waals surface area contributed by atoms with E-state index in [1.807, 2.05) is 36.2 Å². The second-order valence-electron chi connectivity index (χ2n) is 3.96. The van der Waals surface area contributed by atoms with Crippen molar-refractivity contribution in [2.45, 2.75) is 6.54 Å². The molecule has 0 amide bonds. The molecule has 0 unspecified atom stereocenters. The highest BCUT2D eigenvalue weighted by molar-refractivity contribution is 6.32. The van der Waals surface area contributed by atoms with E-state index in [4.69, 9.17) is 22.1 Å². The number of halogens is 1. The number of hydrogen-bond acceptors (Lipinski definition) is 5. The van der Waals surface area contributed by atoms with Crippen molar-refractivity contribution < 1.29 is 4.74 Å². The minimum Gasteiger partial charge on any atom is -0.467 e. The smallest absolute Gasteiger partial charge is 0.318 e. The highest BCUT2D eigenvalue weighted by atomic mass is 35.5. The summed E-state index contributed by atoms with van der Waals surface area (Å²) in [5, 5.41) is 0.464. The van der Waals surface area contributed by atoms with Crippen LogP contribution in [0.1, 0.15) is 5.56 Å². The number of aromatic nitrogens is 2. The molecule has 100 valence electrons. The average molecular weight is 279 g/mol. The fourth-order valence-corrected chi connectivity index (χ4v) is 1.87. The van der Waals surface area contributed by atoms with E-state index in [1.165, 1.54) is 13.3 Å². The molecule has 2 aromatic rings. The van der Waals surface area contributed by atoms with Gasteiger partial charge in [0.2, 0.25) is 0 Å². The maximum absolute atomic E-state index is 6.11. The SMILES string of the molecule is COc1ncc(Cl)c(N(C)c2ccc(CN)cc2)n1. The molecule has 0 bridgehead atoms. The van der Waals surface area contributed by atoms with E-state index >= 15 is 0 Å². The molecule has 0 atom stereocenters. The monoisotopic (exact) mass is 278 g/mol. The lowest BCUT2D eigenvalue weighted by Gasteiger charge is -2.19. The van der Waals surface area contributed by atoms with Crippen LogP contribution in [0.25, 0.3) is 0 Å². The maximum atomic E-state index is 6.11. The summed E-state index contributed by atoms with van der Waals surface area (Å²) in [4.78, 5) is 10.1. The van der Waals surface area contributed by atoms with Gasteiger partial charge in [0.1, 0.15) is 5.02 Å². The van der Waals surface area contributed by atoms with Gasteiger partial charge < -0.3 is 15.4 Å². The molecule has 1 aromatic carbocycles. The molecule has 0 aliphatic carbocycles. The van der Waals surface area contributed by atoms with Crippen molar-refractivity contribution in [3.63, 3.8) is 0 Å². The van der Waals surface area contributed by atoms with E-state index in [-0.39, 0.29) is 6.01 Å². The summed E-state index contributed by atoms with van der Waals surface area (Å²) in [6, 6.07) is 8.15. The quantitative estimate of drug-likeness (QED) is 0.930. The van der Waals surface area contributed by atoms with E-state index in [0.717, 1.165) is 11.3 Å². The van der Waals surface area contributed by atoms with E-state index in [1.54, 1.807) is 0 Å². The average Bonchev–Trinajstić information content (AvgIpc) is 2.47. The predicted octanol–water partition coefficient (Wildman–Crippen LogP) is 2.37. The molecule has 0 saturated heterocycles. The van der Waals surface area contributed by atoms with Gasteiger partial charge in [0.25, 0.3) is 0 Å². The Hall–Kier alpha value is -1.85. The largest absolute Gasteiger partial charge is 0.467 e. The van der Waals surface area contributed by atoms with Crippen molar-refractivity contribution in [3.8, 4) is 6.01 Å². The summed E-state index contributed by atoms with van der Waals surface area (Å²) in [7, 11) is 3.40. The third-order valence-electron chi connectivity index (χ3n) is 2.76. The summed E-state index contributed by atoms with van der Waals surface area (Å²) >= 11 is 6.11. The standard InChI is InChI=1S/C13H15ClN4O/c1-18(10-5-3-9(7-15)4-6-10)12-11(14)8-16-13(17-12)19-2/h3-6,8H,7,15H2,1-2H3. The second-order valence-corrected chi connectivity index (χ2v) is 4.37. The van der Waals surface area contributed by atoms with Crippen LogP contribution < -0.4 is 15.4 Å². The number of hydrogen-bond donors (Lipinski definition) is 1. The molecular formula is C13H15ClN4O. The Morgan fingerprint density at radius 3 is 2.58 bits per heavy atom. The molecular weight excluding hydrogens is 264 g/mol. The van der Waals surface area contributed by atoms with E-state index in [9.17, 15) is 0 Å². The number of anilines is 2. The van der Waals surface area contributed by atoms with Crippen LogP contribution in [0.3, 0.4) is 0 Å². The van der Waals surface area contributed by atoms with Gasteiger partial charge in [0.15, 0.2) is 5.82 Å². The predicted molar refractivity (Wildman–Crippen MR) is 76.0 cm³/mol. The fourth-order valence-electron chi connectivity index (χ4n) is 1.65. The first-order valence-electron chi connectivity index (χ1n) is 5.75. The fraction of sp³-hybridized carbons (Fsp3) is 0.231. The number of methoxy groups -OCH3 is 1. The van der Waals surface area contributed by atoms with E-state index in [2.05, 4.69) is 9.97 Å². The van der Waals surface area contributed by atoms with Crippen molar-refractivity contribution >= 4 is 23.1 Å². The zero-order valence-corrected chi connectivity index (χ0v) is 11.6. The van der Waals surface area contributed by atoms with Gasteiger partial charge in [0.05, 0.1) is 13.3 Å². The van der Waals surface area contributed by atoms with Crippen molar-refractivity contribution in [1.82, 2.24) is 9.97 Å². The molecule has 1 heterocycles. The third kappa shape index (κ3) is 2.94. The molecule has 0 aliphatic heterocycles. The molecule has 5 nitrogen and oxygen atoms in total. The number of rotatable bonds is 4. The lowest BCUT2D eigenvalue weighted by molar-refractivity contribution is 0.380. The van der Waals surface area contributed by atoms with E-state index in [0.29, 0.717) is 17.4 Å². The topological polar surface area (TPSA) is 64.3 Å². The van der Waals surface area contributed by atoms with Gasteiger partial charge >= 0.3 is 6.01 Å². The van der Waals surface area contributed by atoms with Gasteiger partial charge in [-0.25, -0.2) is 4.98 Å². The Labute approximate surface area is 117 Å². The van der Waals surface area contributed by atoms with E-state index < -0.39 is 0 Å². The first-order chi connectivity index (χ1) is 9.15. The van der Waals surface area contributed by atoms with Crippen LogP contribution in [0.5, 0.6) is 6.01 Å². The summed E-state index contributed by atoms with van der Waals surface area (Å²) < 4.78 is 5.01. The van der Waals surface area contributed by atoms with Gasteiger partial charge in [-0.2, -0.15) is 4.98 Å². The lowest BCUT2D eigenvalue weighted by atomic mass is 10.2. The minimum absolute atomic E-state index is 0.282.